The van der Waals surface area contributed by atoms with Gasteiger partial charge in [-0.3, -0.25) is 0 Å². The molecule has 0 atom stereocenters. The van der Waals surface area contributed by atoms with Gasteiger partial charge < -0.3 is 15.0 Å². The van der Waals surface area contributed by atoms with Gasteiger partial charge in [-0.1, -0.05) is 30.3 Å². The topological polar surface area (TPSA) is 41.6 Å². The Morgan fingerprint density at radius 2 is 2.12 bits per heavy atom. The summed E-state index contributed by atoms with van der Waals surface area (Å²) in [7, 11) is 1.78. The molecule has 0 radical (unpaired) electrons. The smallest absolute Gasteiger partial charge is 0.410 e. The maximum atomic E-state index is 11.6. The van der Waals surface area contributed by atoms with E-state index >= 15 is 0 Å². The van der Waals surface area contributed by atoms with Gasteiger partial charge in [-0.15, -0.1) is 0 Å². The van der Waals surface area contributed by atoms with Crippen molar-refractivity contribution in [1.82, 2.24) is 10.2 Å². The van der Waals surface area contributed by atoms with Gasteiger partial charge in [-0.05, 0) is 5.56 Å². The van der Waals surface area contributed by atoms with E-state index in [1.807, 2.05) is 30.3 Å². The van der Waals surface area contributed by atoms with Crippen LogP contribution in [0.2, 0.25) is 0 Å². The van der Waals surface area contributed by atoms with E-state index in [0.717, 1.165) is 18.7 Å². The third kappa shape index (κ3) is 2.52. The van der Waals surface area contributed by atoms with Gasteiger partial charge in [0.25, 0.3) is 0 Å². The van der Waals surface area contributed by atoms with Crippen LogP contribution in [0, 0.1) is 0 Å². The minimum absolute atomic E-state index is 0.254. The van der Waals surface area contributed by atoms with E-state index in [0.29, 0.717) is 6.61 Å². The van der Waals surface area contributed by atoms with Crippen LogP contribution >= 0.6 is 0 Å². The first-order valence-corrected chi connectivity index (χ1v) is 5.41. The molecule has 1 aromatic rings. The lowest BCUT2D eigenvalue weighted by Crippen LogP contribution is -2.57. The number of hydrogen-bond donors (Lipinski definition) is 1. The van der Waals surface area contributed by atoms with Crippen LogP contribution in [0.15, 0.2) is 30.3 Å². The molecule has 1 aliphatic rings. The van der Waals surface area contributed by atoms with Crippen molar-refractivity contribution in [2.45, 2.75) is 12.6 Å². The first-order valence-electron chi connectivity index (χ1n) is 5.41. The number of ether oxygens (including phenoxy) is 1. The van der Waals surface area contributed by atoms with E-state index in [1.165, 1.54) is 0 Å². The lowest BCUT2D eigenvalue weighted by atomic mass is 10.1. The molecular weight excluding hydrogens is 204 g/mol. The zero-order chi connectivity index (χ0) is 11.4. The minimum Gasteiger partial charge on any atom is -0.445 e. The van der Waals surface area contributed by atoms with Gasteiger partial charge >= 0.3 is 6.09 Å². The lowest BCUT2D eigenvalue weighted by molar-refractivity contribution is 0.0806. The molecule has 0 spiro atoms. The minimum atomic E-state index is -0.254. The highest BCUT2D eigenvalue weighted by molar-refractivity contribution is 5.67. The molecule has 0 aromatic heterocycles. The molecule has 1 aliphatic heterocycles. The standard InChI is InChI=1S/C12H16N2O2/c1-14(11-7-13-8-11)12(15)16-9-10-5-3-2-4-6-10/h2-6,11,13H,7-9H2,1H3. The van der Waals surface area contributed by atoms with E-state index in [4.69, 9.17) is 4.74 Å². The van der Waals surface area contributed by atoms with Crippen LogP contribution in [-0.4, -0.2) is 37.2 Å². The second-order valence-corrected chi connectivity index (χ2v) is 3.96. The van der Waals surface area contributed by atoms with Crippen molar-refractivity contribution in [3.8, 4) is 0 Å². The fourth-order valence-corrected chi connectivity index (χ4v) is 1.52. The van der Waals surface area contributed by atoms with Crippen molar-refractivity contribution in [2.24, 2.45) is 0 Å². The maximum absolute atomic E-state index is 11.6. The molecule has 16 heavy (non-hydrogen) atoms. The number of carbonyl (C=O) groups is 1. The molecule has 1 fully saturated rings. The maximum Gasteiger partial charge on any atom is 0.410 e. The van der Waals surface area contributed by atoms with Crippen LogP contribution < -0.4 is 5.32 Å². The van der Waals surface area contributed by atoms with E-state index in [-0.39, 0.29) is 12.1 Å². The Hall–Kier alpha value is -1.55. The van der Waals surface area contributed by atoms with Gasteiger partial charge in [0, 0.05) is 20.1 Å². The summed E-state index contributed by atoms with van der Waals surface area (Å²) in [6.45, 7) is 2.05. The molecule has 86 valence electrons. The molecule has 0 saturated carbocycles. The summed E-state index contributed by atoms with van der Waals surface area (Å²) in [6, 6.07) is 9.97. The molecule has 4 nitrogen and oxygen atoms in total. The number of hydrogen-bond acceptors (Lipinski definition) is 3. The first-order chi connectivity index (χ1) is 7.77. The summed E-state index contributed by atoms with van der Waals surface area (Å²) in [5, 5.41) is 3.12. The lowest BCUT2D eigenvalue weighted by Gasteiger charge is -2.34. The second kappa shape index (κ2) is 4.99. The Kier molecular flexibility index (Phi) is 3.41. The summed E-state index contributed by atoms with van der Waals surface area (Å²) in [5.74, 6) is 0. The van der Waals surface area contributed by atoms with Gasteiger partial charge in [-0.2, -0.15) is 0 Å². The number of benzene rings is 1. The number of nitrogens with zero attached hydrogens (tertiary/aromatic N) is 1. The van der Waals surface area contributed by atoms with Crippen molar-refractivity contribution in [3.05, 3.63) is 35.9 Å². The average Bonchev–Trinajstić information content (AvgIpc) is 2.25. The van der Waals surface area contributed by atoms with Crippen molar-refractivity contribution < 1.29 is 9.53 Å². The average molecular weight is 220 g/mol. The molecule has 1 amide bonds. The highest BCUT2D eigenvalue weighted by atomic mass is 16.6. The SMILES string of the molecule is CN(C(=O)OCc1ccccc1)C1CNC1. The van der Waals surface area contributed by atoms with E-state index in [2.05, 4.69) is 5.32 Å². The first kappa shape index (κ1) is 11.0. The van der Waals surface area contributed by atoms with Gasteiger partial charge in [0.05, 0.1) is 6.04 Å². The summed E-state index contributed by atoms with van der Waals surface area (Å²) in [5.41, 5.74) is 1.01. The molecule has 1 aromatic carbocycles. The second-order valence-electron chi connectivity index (χ2n) is 3.96. The molecule has 2 rings (SSSR count). The van der Waals surface area contributed by atoms with Gasteiger partial charge in [-0.25, -0.2) is 4.79 Å². The highest BCUT2D eigenvalue weighted by Crippen LogP contribution is 2.06. The summed E-state index contributed by atoms with van der Waals surface area (Å²) in [4.78, 5) is 13.3. The van der Waals surface area contributed by atoms with Crippen molar-refractivity contribution >= 4 is 6.09 Å². The third-order valence-corrected chi connectivity index (χ3v) is 2.80. The number of carbonyl (C=O) groups excluding carboxylic acids is 1. The number of nitrogens with one attached hydrogen (secondary N) is 1. The molecule has 4 heteroatoms. The van der Waals surface area contributed by atoms with Crippen LogP contribution in [0.1, 0.15) is 5.56 Å². The Balaban J connectivity index is 1.79. The third-order valence-electron chi connectivity index (χ3n) is 2.80. The van der Waals surface area contributed by atoms with Crippen LogP contribution in [0.25, 0.3) is 0 Å². The number of rotatable bonds is 3. The molecule has 1 heterocycles. The molecule has 0 unspecified atom stereocenters. The summed E-state index contributed by atoms with van der Waals surface area (Å²) in [6.07, 6.45) is -0.254. The van der Waals surface area contributed by atoms with Crippen molar-refractivity contribution in [2.75, 3.05) is 20.1 Å². The molecule has 0 bridgehead atoms. The van der Waals surface area contributed by atoms with Gasteiger partial charge in [0.15, 0.2) is 0 Å². The van der Waals surface area contributed by atoms with Crippen LogP contribution in [0.3, 0.4) is 0 Å². The molecule has 1 saturated heterocycles. The Labute approximate surface area is 95.2 Å². The Bertz CT molecular complexity index is 349. The van der Waals surface area contributed by atoms with Crippen molar-refractivity contribution in [1.29, 1.82) is 0 Å². The summed E-state index contributed by atoms with van der Waals surface area (Å²) < 4.78 is 5.21. The van der Waals surface area contributed by atoms with Crippen LogP contribution in [0.5, 0.6) is 0 Å². The predicted molar refractivity (Wildman–Crippen MR) is 61.0 cm³/mol. The Morgan fingerprint density at radius 3 is 2.69 bits per heavy atom. The van der Waals surface area contributed by atoms with E-state index < -0.39 is 0 Å². The van der Waals surface area contributed by atoms with Crippen LogP contribution in [-0.2, 0) is 11.3 Å². The highest BCUT2D eigenvalue weighted by Gasteiger charge is 2.26. The predicted octanol–water partition coefficient (Wildman–Crippen LogP) is 1.23. The number of amides is 1. The quantitative estimate of drug-likeness (QED) is 0.833. The summed E-state index contributed by atoms with van der Waals surface area (Å²) >= 11 is 0. The molecule has 1 N–H and O–H groups in total. The fourth-order valence-electron chi connectivity index (χ4n) is 1.52. The number of likely N-dealkylation sites (N-methyl/N-ethyl adjacent to an activating group) is 1. The zero-order valence-corrected chi connectivity index (χ0v) is 9.35. The molecule has 0 aliphatic carbocycles. The monoisotopic (exact) mass is 220 g/mol. The van der Waals surface area contributed by atoms with Crippen LogP contribution in [0.4, 0.5) is 4.79 Å². The Morgan fingerprint density at radius 1 is 1.44 bits per heavy atom. The molecular formula is C12H16N2O2. The van der Waals surface area contributed by atoms with Crippen molar-refractivity contribution in [3.63, 3.8) is 0 Å². The van der Waals surface area contributed by atoms with E-state index in [9.17, 15) is 4.79 Å². The van der Waals surface area contributed by atoms with E-state index in [1.54, 1.807) is 11.9 Å². The fraction of sp³-hybridized carbons (Fsp3) is 0.417. The normalized spacial score (nSPS) is 15.3. The van der Waals surface area contributed by atoms with Gasteiger partial charge in [0.2, 0.25) is 0 Å². The van der Waals surface area contributed by atoms with Gasteiger partial charge in [0.1, 0.15) is 6.61 Å². The zero-order valence-electron chi connectivity index (χ0n) is 9.35. The largest absolute Gasteiger partial charge is 0.445 e.